The van der Waals surface area contributed by atoms with Crippen LogP contribution in [0.3, 0.4) is 0 Å². The third-order valence-electron chi connectivity index (χ3n) is 2.31. The Hall–Kier alpha value is -0.990. The second-order valence-corrected chi connectivity index (χ2v) is 3.92. The topological polar surface area (TPSA) is 29.5 Å². The number of hydrogen-bond acceptors (Lipinski definition) is 2. The monoisotopic (exact) mass is 240 g/mol. The highest BCUT2D eigenvalue weighted by Crippen LogP contribution is 2.27. The summed E-state index contributed by atoms with van der Waals surface area (Å²) in [5.41, 5.74) is 3.27. The van der Waals surface area contributed by atoms with Crippen molar-refractivity contribution in [1.82, 2.24) is 0 Å². The van der Waals surface area contributed by atoms with Crippen LogP contribution in [0.25, 0.3) is 0 Å². The Morgan fingerprint density at radius 2 is 2.19 bits per heavy atom. The van der Waals surface area contributed by atoms with Crippen molar-refractivity contribution in [3.05, 3.63) is 40.9 Å². The molecule has 0 amide bonds. The number of rotatable bonds is 5. The van der Waals surface area contributed by atoms with Crippen LogP contribution in [0.4, 0.5) is 0 Å². The highest BCUT2D eigenvalue weighted by atomic mass is 35.5. The van der Waals surface area contributed by atoms with E-state index in [0.717, 1.165) is 16.9 Å². The van der Waals surface area contributed by atoms with Gasteiger partial charge in [0.25, 0.3) is 0 Å². The van der Waals surface area contributed by atoms with Crippen molar-refractivity contribution in [2.75, 3.05) is 6.61 Å². The third kappa shape index (κ3) is 3.54. The van der Waals surface area contributed by atoms with Gasteiger partial charge in [0.1, 0.15) is 12.4 Å². The standard InChI is InChI=1S/C13H17ClO2/c1-3-12(15)11-6-4-5-7-13(11)16-9-10(2)8-14/h4-8,12,15H,3,9H2,1-2H3/b10-8+/t12-/m0/s1. The fraction of sp³-hybridized carbons (Fsp3) is 0.385. The van der Waals surface area contributed by atoms with E-state index >= 15 is 0 Å². The van der Waals surface area contributed by atoms with Crippen molar-refractivity contribution in [3.63, 3.8) is 0 Å². The fourth-order valence-corrected chi connectivity index (χ4v) is 1.39. The molecule has 3 heteroatoms. The summed E-state index contributed by atoms with van der Waals surface area (Å²) in [6.07, 6.45) is 0.196. The van der Waals surface area contributed by atoms with E-state index in [1.54, 1.807) is 0 Å². The van der Waals surface area contributed by atoms with Crippen molar-refractivity contribution in [2.24, 2.45) is 0 Å². The number of aliphatic hydroxyl groups is 1. The molecule has 0 radical (unpaired) electrons. The van der Waals surface area contributed by atoms with Crippen LogP contribution in [0.15, 0.2) is 35.4 Å². The van der Waals surface area contributed by atoms with Gasteiger partial charge in [0.15, 0.2) is 0 Å². The first-order valence-corrected chi connectivity index (χ1v) is 5.78. The van der Waals surface area contributed by atoms with Gasteiger partial charge in [0.2, 0.25) is 0 Å². The average molecular weight is 241 g/mol. The Morgan fingerprint density at radius 1 is 1.50 bits per heavy atom. The van der Waals surface area contributed by atoms with E-state index in [9.17, 15) is 5.11 Å². The van der Waals surface area contributed by atoms with Gasteiger partial charge in [-0.25, -0.2) is 0 Å². The van der Waals surface area contributed by atoms with Gasteiger partial charge in [-0.05, 0) is 25.0 Å². The second-order valence-electron chi connectivity index (χ2n) is 3.71. The van der Waals surface area contributed by atoms with Crippen LogP contribution in [0.1, 0.15) is 31.9 Å². The molecule has 0 saturated carbocycles. The molecule has 0 bridgehead atoms. The first kappa shape index (κ1) is 13.1. The zero-order valence-corrected chi connectivity index (χ0v) is 10.4. The minimum absolute atomic E-state index is 0.441. The van der Waals surface area contributed by atoms with Gasteiger partial charge >= 0.3 is 0 Å². The van der Waals surface area contributed by atoms with Crippen molar-refractivity contribution < 1.29 is 9.84 Å². The minimum Gasteiger partial charge on any atom is -0.489 e. The molecule has 16 heavy (non-hydrogen) atoms. The lowest BCUT2D eigenvalue weighted by Crippen LogP contribution is -2.04. The van der Waals surface area contributed by atoms with Crippen molar-refractivity contribution in [1.29, 1.82) is 0 Å². The zero-order chi connectivity index (χ0) is 12.0. The molecule has 0 unspecified atom stereocenters. The van der Waals surface area contributed by atoms with E-state index in [1.807, 2.05) is 38.1 Å². The van der Waals surface area contributed by atoms with E-state index in [4.69, 9.17) is 16.3 Å². The molecule has 0 aliphatic rings. The third-order valence-corrected chi connectivity index (χ3v) is 2.68. The molecule has 88 valence electrons. The summed E-state index contributed by atoms with van der Waals surface area (Å²) in [4.78, 5) is 0. The van der Waals surface area contributed by atoms with Crippen LogP contribution in [-0.2, 0) is 0 Å². The molecule has 0 aliphatic heterocycles. The molecule has 2 nitrogen and oxygen atoms in total. The lowest BCUT2D eigenvalue weighted by molar-refractivity contribution is 0.168. The van der Waals surface area contributed by atoms with Crippen molar-refractivity contribution in [3.8, 4) is 5.75 Å². The Morgan fingerprint density at radius 3 is 2.81 bits per heavy atom. The van der Waals surface area contributed by atoms with Gasteiger partial charge in [0, 0.05) is 11.1 Å². The molecule has 0 fully saturated rings. The van der Waals surface area contributed by atoms with Crippen LogP contribution in [0.5, 0.6) is 5.75 Å². The Kier molecular flexibility index (Phi) is 5.36. The van der Waals surface area contributed by atoms with E-state index in [1.165, 1.54) is 5.54 Å². The number of ether oxygens (including phenoxy) is 1. The maximum atomic E-state index is 9.81. The molecule has 0 heterocycles. The molecule has 0 spiro atoms. The first-order valence-electron chi connectivity index (χ1n) is 5.34. The lowest BCUT2D eigenvalue weighted by Gasteiger charge is -2.14. The summed E-state index contributed by atoms with van der Waals surface area (Å²) in [6, 6.07) is 7.52. The fourth-order valence-electron chi connectivity index (χ4n) is 1.33. The van der Waals surface area contributed by atoms with Gasteiger partial charge < -0.3 is 9.84 Å². The Labute approximate surface area is 102 Å². The predicted octanol–water partition coefficient (Wildman–Crippen LogP) is 3.65. The molecular weight excluding hydrogens is 224 g/mol. The molecule has 1 aromatic rings. The van der Waals surface area contributed by atoms with Crippen LogP contribution < -0.4 is 4.74 Å². The molecule has 1 aromatic carbocycles. The second kappa shape index (κ2) is 6.56. The van der Waals surface area contributed by atoms with Gasteiger partial charge in [-0.15, -0.1) is 0 Å². The maximum absolute atomic E-state index is 9.81. The van der Waals surface area contributed by atoms with Crippen LogP contribution in [0, 0.1) is 0 Å². The van der Waals surface area contributed by atoms with E-state index in [2.05, 4.69) is 0 Å². The maximum Gasteiger partial charge on any atom is 0.125 e. The van der Waals surface area contributed by atoms with Crippen LogP contribution in [-0.4, -0.2) is 11.7 Å². The lowest BCUT2D eigenvalue weighted by atomic mass is 10.1. The Bertz CT molecular complexity index is 361. The van der Waals surface area contributed by atoms with Crippen molar-refractivity contribution in [2.45, 2.75) is 26.4 Å². The minimum atomic E-state index is -0.475. The molecule has 1 N–H and O–H groups in total. The predicted molar refractivity (Wildman–Crippen MR) is 66.8 cm³/mol. The highest BCUT2D eigenvalue weighted by Gasteiger charge is 2.10. The SMILES string of the molecule is CC[C@H](O)c1ccccc1OC/C(C)=C/Cl. The molecular formula is C13H17ClO2. The highest BCUT2D eigenvalue weighted by molar-refractivity contribution is 6.25. The first-order chi connectivity index (χ1) is 7.69. The molecule has 1 rings (SSSR count). The van der Waals surface area contributed by atoms with Crippen LogP contribution >= 0.6 is 11.6 Å². The Balaban J connectivity index is 2.79. The zero-order valence-electron chi connectivity index (χ0n) is 9.61. The van der Waals surface area contributed by atoms with Gasteiger partial charge in [0.05, 0.1) is 6.10 Å². The average Bonchev–Trinajstić information content (AvgIpc) is 2.35. The summed E-state index contributed by atoms with van der Waals surface area (Å²) in [6.45, 7) is 4.27. The summed E-state index contributed by atoms with van der Waals surface area (Å²) in [5, 5.41) is 9.81. The molecule has 0 saturated heterocycles. The summed E-state index contributed by atoms with van der Waals surface area (Å²) in [7, 11) is 0. The molecule has 1 atom stereocenters. The van der Waals surface area contributed by atoms with Gasteiger partial charge in [-0.1, -0.05) is 36.7 Å². The normalized spacial score (nSPS) is 13.6. The summed E-state index contributed by atoms with van der Waals surface area (Å²) in [5.74, 6) is 0.717. The molecule has 0 aromatic heterocycles. The number of halogens is 1. The largest absolute Gasteiger partial charge is 0.489 e. The van der Waals surface area contributed by atoms with Crippen LogP contribution in [0.2, 0.25) is 0 Å². The van der Waals surface area contributed by atoms with E-state index < -0.39 is 6.10 Å². The summed E-state index contributed by atoms with van der Waals surface area (Å²) < 4.78 is 5.60. The van der Waals surface area contributed by atoms with Gasteiger partial charge in [-0.3, -0.25) is 0 Å². The van der Waals surface area contributed by atoms with E-state index in [0.29, 0.717) is 13.0 Å². The summed E-state index contributed by atoms with van der Waals surface area (Å²) >= 11 is 5.56. The van der Waals surface area contributed by atoms with E-state index in [-0.39, 0.29) is 0 Å². The number of hydrogen-bond donors (Lipinski definition) is 1. The smallest absolute Gasteiger partial charge is 0.125 e. The quantitative estimate of drug-likeness (QED) is 0.851. The number of benzene rings is 1. The number of para-hydroxylation sites is 1. The van der Waals surface area contributed by atoms with Gasteiger partial charge in [-0.2, -0.15) is 0 Å². The molecule has 0 aliphatic carbocycles. The number of aliphatic hydroxyl groups excluding tert-OH is 1. The van der Waals surface area contributed by atoms with Crippen molar-refractivity contribution >= 4 is 11.6 Å².